The van der Waals surface area contributed by atoms with Crippen LogP contribution >= 0.6 is 0 Å². The molecule has 172 valence electrons. The Morgan fingerprint density at radius 1 is 1.00 bits per heavy atom. The van der Waals surface area contributed by atoms with Crippen LogP contribution in [0.1, 0.15) is 28.3 Å². The lowest BCUT2D eigenvalue weighted by Gasteiger charge is -2.25. The van der Waals surface area contributed by atoms with Gasteiger partial charge in [-0.15, -0.1) is 0 Å². The maximum absolute atomic E-state index is 13.2. The fraction of sp³-hybridized carbons (Fsp3) is 0.148. The van der Waals surface area contributed by atoms with Crippen molar-refractivity contribution in [1.82, 2.24) is 0 Å². The van der Waals surface area contributed by atoms with Gasteiger partial charge >= 0.3 is 5.97 Å². The number of hydrogen-bond acceptors (Lipinski definition) is 6. The molecule has 0 radical (unpaired) electrons. The third-order valence-corrected chi connectivity index (χ3v) is 5.75. The SMILES string of the molecule is COC(=O)Cc1ccc(N2C(=O)C(=O)/C(=C(\O)c3ccc(C)cc3)C2c2cccc(O)c2)cc1. The van der Waals surface area contributed by atoms with Gasteiger partial charge in [0.25, 0.3) is 11.7 Å². The fourth-order valence-corrected chi connectivity index (χ4v) is 3.99. The molecule has 7 nitrogen and oxygen atoms in total. The quantitative estimate of drug-likeness (QED) is 0.259. The van der Waals surface area contributed by atoms with Gasteiger partial charge in [-0.05, 0) is 42.3 Å². The number of phenols is 1. The van der Waals surface area contributed by atoms with E-state index in [4.69, 9.17) is 0 Å². The van der Waals surface area contributed by atoms with Gasteiger partial charge in [-0.1, -0.05) is 54.1 Å². The Labute approximate surface area is 196 Å². The van der Waals surface area contributed by atoms with Crippen LogP contribution in [-0.4, -0.2) is 35.0 Å². The molecule has 1 aliphatic heterocycles. The van der Waals surface area contributed by atoms with Crippen molar-refractivity contribution >= 4 is 29.1 Å². The number of hydrogen-bond donors (Lipinski definition) is 2. The van der Waals surface area contributed by atoms with Crippen LogP contribution in [0.5, 0.6) is 5.75 Å². The summed E-state index contributed by atoms with van der Waals surface area (Å²) < 4.78 is 4.69. The molecule has 0 saturated carbocycles. The summed E-state index contributed by atoms with van der Waals surface area (Å²) in [5, 5.41) is 21.2. The standard InChI is InChI=1S/C27H23NO6/c1-16-6-10-18(11-7-16)25(31)23-24(19-4-3-5-21(29)15-19)28(27(33)26(23)32)20-12-8-17(9-13-20)14-22(30)34-2/h3-13,15,24,29,31H,14H2,1-2H3/b25-23-. The lowest BCUT2D eigenvalue weighted by molar-refractivity contribution is -0.139. The number of aromatic hydroxyl groups is 1. The molecule has 1 heterocycles. The first kappa shape index (κ1) is 22.8. The highest BCUT2D eigenvalue weighted by atomic mass is 16.5. The minimum Gasteiger partial charge on any atom is -0.508 e. The Morgan fingerprint density at radius 3 is 2.29 bits per heavy atom. The van der Waals surface area contributed by atoms with Gasteiger partial charge in [0, 0.05) is 11.3 Å². The van der Waals surface area contributed by atoms with Crippen LogP contribution in [0, 0.1) is 6.92 Å². The predicted octanol–water partition coefficient (Wildman–Crippen LogP) is 4.04. The Morgan fingerprint density at radius 2 is 1.68 bits per heavy atom. The highest BCUT2D eigenvalue weighted by molar-refractivity contribution is 6.51. The number of methoxy groups -OCH3 is 1. The highest BCUT2D eigenvalue weighted by Crippen LogP contribution is 2.42. The molecule has 1 aliphatic rings. The van der Waals surface area contributed by atoms with E-state index in [-0.39, 0.29) is 23.5 Å². The maximum atomic E-state index is 13.2. The molecule has 0 aromatic heterocycles. The summed E-state index contributed by atoms with van der Waals surface area (Å²) in [6, 6.07) is 18.8. The monoisotopic (exact) mass is 457 g/mol. The van der Waals surface area contributed by atoms with E-state index < -0.39 is 23.7 Å². The van der Waals surface area contributed by atoms with Crippen molar-refractivity contribution in [2.75, 3.05) is 12.0 Å². The topological polar surface area (TPSA) is 104 Å². The van der Waals surface area contributed by atoms with Crippen LogP contribution in [0.4, 0.5) is 5.69 Å². The average Bonchev–Trinajstić information content (AvgIpc) is 3.10. The summed E-state index contributed by atoms with van der Waals surface area (Å²) in [6.45, 7) is 1.90. The number of benzene rings is 3. The summed E-state index contributed by atoms with van der Waals surface area (Å²) in [6.07, 6.45) is 0.0685. The van der Waals surface area contributed by atoms with Crippen molar-refractivity contribution in [2.45, 2.75) is 19.4 Å². The number of ketones is 1. The number of esters is 1. The second-order valence-corrected chi connectivity index (χ2v) is 8.05. The number of Topliss-reactive ketones (excluding diaryl/α,β-unsaturated/α-hetero) is 1. The number of carbonyl (C=O) groups is 3. The molecule has 0 aliphatic carbocycles. The molecule has 0 spiro atoms. The van der Waals surface area contributed by atoms with E-state index in [9.17, 15) is 24.6 Å². The Balaban J connectivity index is 1.85. The van der Waals surface area contributed by atoms with Crippen molar-refractivity contribution < 1.29 is 29.3 Å². The summed E-state index contributed by atoms with van der Waals surface area (Å²) in [4.78, 5) is 39.2. The van der Waals surface area contributed by atoms with Gasteiger partial charge in [0.05, 0.1) is 25.1 Å². The lowest BCUT2D eigenvalue weighted by atomic mass is 9.94. The number of aliphatic hydroxyl groups is 1. The zero-order chi connectivity index (χ0) is 24.4. The Bertz CT molecular complexity index is 1290. The number of aliphatic hydroxyl groups excluding tert-OH is 1. The summed E-state index contributed by atoms with van der Waals surface area (Å²) in [5.74, 6) is -2.36. The van der Waals surface area contributed by atoms with Crippen molar-refractivity contribution in [3.63, 3.8) is 0 Å². The molecular formula is C27H23NO6. The number of ether oxygens (including phenoxy) is 1. The second-order valence-electron chi connectivity index (χ2n) is 8.05. The van der Waals surface area contributed by atoms with E-state index in [0.29, 0.717) is 22.4 Å². The van der Waals surface area contributed by atoms with Crippen LogP contribution in [-0.2, 0) is 25.5 Å². The molecule has 7 heteroatoms. The number of rotatable bonds is 5. The molecule has 1 amide bonds. The number of carbonyl (C=O) groups excluding carboxylic acids is 3. The summed E-state index contributed by atoms with van der Waals surface area (Å²) in [5.41, 5.74) is 2.87. The third-order valence-electron chi connectivity index (χ3n) is 5.75. The van der Waals surface area contributed by atoms with Gasteiger partial charge in [0.1, 0.15) is 11.5 Å². The number of amides is 1. The summed E-state index contributed by atoms with van der Waals surface area (Å²) in [7, 11) is 1.31. The molecule has 34 heavy (non-hydrogen) atoms. The van der Waals surface area contributed by atoms with Gasteiger partial charge in [-0.2, -0.15) is 0 Å². The van der Waals surface area contributed by atoms with Crippen LogP contribution in [0.2, 0.25) is 0 Å². The van der Waals surface area contributed by atoms with Gasteiger partial charge in [-0.25, -0.2) is 0 Å². The van der Waals surface area contributed by atoms with Gasteiger partial charge in [0.15, 0.2) is 0 Å². The smallest absolute Gasteiger partial charge is 0.309 e. The van der Waals surface area contributed by atoms with E-state index in [1.165, 1.54) is 24.1 Å². The number of aryl methyl sites for hydroxylation is 1. The third kappa shape index (κ3) is 4.28. The molecular weight excluding hydrogens is 434 g/mol. The first-order valence-corrected chi connectivity index (χ1v) is 10.6. The second kappa shape index (κ2) is 9.23. The largest absolute Gasteiger partial charge is 0.508 e. The van der Waals surface area contributed by atoms with Crippen molar-refractivity contribution in [3.8, 4) is 5.75 Å². The van der Waals surface area contributed by atoms with Gasteiger partial charge in [-0.3, -0.25) is 19.3 Å². The Kier molecular flexibility index (Phi) is 6.19. The Hall–Kier alpha value is -4.39. The fourth-order valence-electron chi connectivity index (χ4n) is 3.99. The number of anilines is 1. The van der Waals surface area contributed by atoms with Crippen molar-refractivity contribution in [2.24, 2.45) is 0 Å². The van der Waals surface area contributed by atoms with Gasteiger partial charge in [0.2, 0.25) is 0 Å². The molecule has 3 aromatic carbocycles. The van der Waals surface area contributed by atoms with E-state index in [2.05, 4.69) is 4.74 Å². The minimum atomic E-state index is -0.958. The van der Waals surface area contributed by atoms with Crippen LogP contribution in [0.25, 0.3) is 5.76 Å². The zero-order valence-corrected chi connectivity index (χ0v) is 18.7. The van der Waals surface area contributed by atoms with Gasteiger partial charge < -0.3 is 14.9 Å². The van der Waals surface area contributed by atoms with Crippen molar-refractivity contribution in [1.29, 1.82) is 0 Å². The molecule has 1 unspecified atom stereocenters. The van der Waals surface area contributed by atoms with Crippen molar-refractivity contribution in [3.05, 3.63) is 101 Å². The normalized spacial score (nSPS) is 17.1. The first-order valence-electron chi connectivity index (χ1n) is 10.6. The number of phenolic OH excluding ortho intramolecular Hbond substituents is 1. The molecule has 1 fully saturated rings. The van der Waals surface area contributed by atoms with E-state index in [1.54, 1.807) is 60.7 Å². The zero-order valence-electron chi connectivity index (χ0n) is 18.7. The first-order chi connectivity index (χ1) is 16.3. The van der Waals surface area contributed by atoms with E-state index >= 15 is 0 Å². The molecule has 1 saturated heterocycles. The molecule has 2 N–H and O–H groups in total. The lowest BCUT2D eigenvalue weighted by Crippen LogP contribution is -2.29. The van der Waals surface area contributed by atoms with E-state index in [0.717, 1.165) is 5.56 Å². The van der Waals surface area contributed by atoms with Crippen LogP contribution in [0.15, 0.2) is 78.4 Å². The highest BCUT2D eigenvalue weighted by Gasteiger charge is 2.47. The molecule has 0 bridgehead atoms. The average molecular weight is 457 g/mol. The molecule has 1 atom stereocenters. The number of nitrogens with zero attached hydrogens (tertiary/aromatic N) is 1. The predicted molar refractivity (Wildman–Crippen MR) is 126 cm³/mol. The summed E-state index contributed by atoms with van der Waals surface area (Å²) >= 11 is 0. The molecule has 3 aromatic rings. The van der Waals surface area contributed by atoms with Crippen LogP contribution in [0.3, 0.4) is 0 Å². The van der Waals surface area contributed by atoms with E-state index in [1.807, 2.05) is 6.92 Å². The minimum absolute atomic E-state index is 0.0353. The maximum Gasteiger partial charge on any atom is 0.309 e. The molecule has 4 rings (SSSR count). The van der Waals surface area contributed by atoms with Crippen LogP contribution < -0.4 is 4.90 Å².